The summed E-state index contributed by atoms with van der Waals surface area (Å²) in [6, 6.07) is 6.87. The fourth-order valence-electron chi connectivity index (χ4n) is 2.34. The summed E-state index contributed by atoms with van der Waals surface area (Å²) >= 11 is 18.3. The van der Waals surface area contributed by atoms with E-state index < -0.39 is 0 Å². The maximum Gasteiger partial charge on any atom is 0.275 e. The van der Waals surface area contributed by atoms with Gasteiger partial charge in [0, 0.05) is 29.0 Å². The Morgan fingerprint density at radius 1 is 1.20 bits per heavy atom. The Labute approximate surface area is 159 Å². The molecule has 0 spiro atoms. The molecule has 0 atom stereocenters. The number of carbonyl (C=O) groups is 1. The first kappa shape index (κ1) is 17.8. The molecule has 0 aliphatic rings. The van der Waals surface area contributed by atoms with Gasteiger partial charge in [0.2, 0.25) is 0 Å². The SMILES string of the molecule is CCn1nccc1C(=O)Nc1nn(Cc2ccc(Cl)cc2Cl)cc1Cl. The molecule has 2 heterocycles. The molecule has 0 bridgehead atoms. The number of rotatable bonds is 5. The van der Waals surface area contributed by atoms with Gasteiger partial charge >= 0.3 is 0 Å². The Hall–Kier alpha value is -2.02. The highest BCUT2D eigenvalue weighted by molar-refractivity contribution is 6.35. The van der Waals surface area contributed by atoms with Crippen molar-refractivity contribution in [2.24, 2.45) is 0 Å². The Kier molecular flexibility index (Phi) is 5.32. The van der Waals surface area contributed by atoms with Crippen LogP contribution in [0.3, 0.4) is 0 Å². The molecule has 0 aliphatic carbocycles. The minimum atomic E-state index is -0.323. The Morgan fingerprint density at radius 2 is 2.00 bits per heavy atom. The highest BCUT2D eigenvalue weighted by Gasteiger charge is 2.16. The zero-order chi connectivity index (χ0) is 18.0. The van der Waals surface area contributed by atoms with E-state index in [0.29, 0.717) is 33.9 Å². The number of hydrogen-bond acceptors (Lipinski definition) is 3. The zero-order valence-electron chi connectivity index (χ0n) is 13.2. The number of aryl methyl sites for hydroxylation is 1. The van der Waals surface area contributed by atoms with E-state index in [2.05, 4.69) is 15.5 Å². The topological polar surface area (TPSA) is 64.7 Å². The van der Waals surface area contributed by atoms with Crippen LogP contribution in [0.4, 0.5) is 5.82 Å². The molecule has 25 heavy (non-hydrogen) atoms. The highest BCUT2D eigenvalue weighted by Crippen LogP contribution is 2.24. The average molecular weight is 399 g/mol. The largest absolute Gasteiger partial charge is 0.302 e. The van der Waals surface area contributed by atoms with Crippen molar-refractivity contribution in [2.45, 2.75) is 20.0 Å². The van der Waals surface area contributed by atoms with E-state index in [0.717, 1.165) is 5.56 Å². The van der Waals surface area contributed by atoms with E-state index in [1.165, 1.54) is 0 Å². The molecular weight excluding hydrogens is 385 g/mol. The molecule has 3 rings (SSSR count). The number of nitrogens with one attached hydrogen (secondary N) is 1. The molecule has 0 radical (unpaired) electrons. The number of amides is 1. The Bertz CT molecular complexity index is 918. The minimum absolute atomic E-state index is 0.278. The smallest absolute Gasteiger partial charge is 0.275 e. The lowest BCUT2D eigenvalue weighted by molar-refractivity contribution is 0.101. The first-order chi connectivity index (χ1) is 12.0. The third-order valence-corrected chi connectivity index (χ3v) is 4.41. The van der Waals surface area contributed by atoms with Gasteiger partial charge in [-0.25, -0.2) is 0 Å². The van der Waals surface area contributed by atoms with E-state index in [1.54, 1.807) is 40.0 Å². The van der Waals surface area contributed by atoms with Gasteiger partial charge in [-0.05, 0) is 30.7 Å². The fourth-order valence-corrected chi connectivity index (χ4v) is 3.00. The molecule has 1 amide bonds. The Morgan fingerprint density at radius 3 is 2.72 bits per heavy atom. The van der Waals surface area contributed by atoms with Crippen LogP contribution in [0.15, 0.2) is 36.7 Å². The van der Waals surface area contributed by atoms with Gasteiger partial charge in [0.1, 0.15) is 10.7 Å². The molecule has 1 aromatic carbocycles. The van der Waals surface area contributed by atoms with Crippen LogP contribution >= 0.6 is 34.8 Å². The second-order valence-electron chi connectivity index (χ2n) is 5.25. The average Bonchev–Trinajstić information content (AvgIpc) is 3.17. The van der Waals surface area contributed by atoms with Gasteiger partial charge in [0.15, 0.2) is 5.82 Å². The van der Waals surface area contributed by atoms with Crippen molar-refractivity contribution in [3.63, 3.8) is 0 Å². The third kappa shape index (κ3) is 3.98. The van der Waals surface area contributed by atoms with E-state index in [4.69, 9.17) is 34.8 Å². The fraction of sp³-hybridized carbons (Fsp3) is 0.188. The van der Waals surface area contributed by atoms with Crippen molar-refractivity contribution in [1.29, 1.82) is 0 Å². The summed E-state index contributed by atoms with van der Waals surface area (Å²) in [5.74, 6) is -0.0448. The normalized spacial score (nSPS) is 10.9. The van der Waals surface area contributed by atoms with Crippen molar-refractivity contribution in [3.8, 4) is 0 Å². The van der Waals surface area contributed by atoms with Gasteiger partial charge in [0.25, 0.3) is 5.91 Å². The van der Waals surface area contributed by atoms with Crippen molar-refractivity contribution >= 4 is 46.5 Å². The number of anilines is 1. The molecule has 2 aromatic heterocycles. The number of aromatic nitrogens is 4. The number of benzene rings is 1. The van der Waals surface area contributed by atoms with Gasteiger partial charge in [0.05, 0.1) is 6.54 Å². The van der Waals surface area contributed by atoms with Crippen LogP contribution in [-0.2, 0) is 13.1 Å². The summed E-state index contributed by atoms with van der Waals surface area (Å²) in [5.41, 5.74) is 1.28. The summed E-state index contributed by atoms with van der Waals surface area (Å²) in [4.78, 5) is 12.4. The van der Waals surface area contributed by atoms with Crippen molar-refractivity contribution in [3.05, 3.63) is 63.0 Å². The summed E-state index contributed by atoms with van der Waals surface area (Å²) in [7, 11) is 0. The predicted molar refractivity (Wildman–Crippen MR) is 98.7 cm³/mol. The molecule has 6 nitrogen and oxygen atoms in total. The van der Waals surface area contributed by atoms with E-state index in [1.807, 2.05) is 13.0 Å². The number of carbonyl (C=O) groups excluding carboxylic acids is 1. The van der Waals surface area contributed by atoms with Crippen LogP contribution in [0.25, 0.3) is 0 Å². The molecule has 1 N–H and O–H groups in total. The second-order valence-corrected chi connectivity index (χ2v) is 6.50. The molecule has 0 saturated heterocycles. The van der Waals surface area contributed by atoms with Gasteiger partial charge in [-0.3, -0.25) is 14.2 Å². The lowest BCUT2D eigenvalue weighted by Gasteiger charge is -2.06. The number of nitrogens with zero attached hydrogens (tertiary/aromatic N) is 4. The molecule has 130 valence electrons. The second kappa shape index (κ2) is 7.47. The van der Waals surface area contributed by atoms with Gasteiger partial charge < -0.3 is 5.32 Å². The van der Waals surface area contributed by atoms with Crippen LogP contribution in [0, 0.1) is 0 Å². The summed E-state index contributed by atoms with van der Waals surface area (Å²) in [6.07, 6.45) is 3.19. The third-order valence-electron chi connectivity index (χ3n) is 3.55. The van der Waals surface area contributed by atoms with E-state index in [9.17, 15) is 4.79 Å². The molecule has 0 fully saturated rings. The van der Waals surface area contributed by atoms with Crippen LogP contribution in [0.5, 0.6) is 0 Å². The standard InChI is InChI=1S/C16H14Cl3N5O/c1-2-24-14(5-6-20-24)16(25)21-15-13(19)9-23(22-15)8-10-3-4-11(17)7-12(10)18/h3-7,9H,2,8H2,1H3,(H,21,22,25). The van der Waals surface area contributed by atoms with E-state index in [-0.39, 0.29) is 11.7 Å². The number of halogens is 3. The van der Waals surface area contributed by atoms with Crippen LogP contribution in [0.1, 0.15) is 23.0 Å². The minimum Gasteiger partial charge on any atom is -0.302 e. The molecule has 0 unspecified atom stereocenters. The molecular formula is C16H14Cl3N5O. The lowest BCUT2D eigenvalue weighted by Crippen LogP contribution is -2.18. The summed E-state index contributed by atoms with van der Waals surface area (Å²) in [6.45, 7) is 2.90. The van der Waals surface area contributed by atoms with E-state index >= 15 is 0 Å². The van der Waals surface area contributed by atoms with Crippen molar-refractivity contribution < 1.29 is 4.79 Å². The molecule has 0 aliphatic heterocycles. The molecule has 0 saturated carbocycles. The van der Waals surface area contributed by atoms with Crippen molar-refractivity contribution in [1.82, 2.24) is 19.6 Å². The number of hydrogen-bond donors (Lipinski definition) is 1. The first-order valence-corrected chi connectivity index (χ1v) is 8.61. The quantitative estimate of drug-likeness (QED) is 0.694. The van der Waals surface area contributed by atoms with Gasteiger partial charge in [-0.2, -0.15) is 10.2 Å². The maximum atomic E-state index is 12.4. The van der Waals surface area contributed by atoms with Crippen molar-refractivity contribution in [2.75, 3.05) is 5.32 Å². The predicted octanol–water partition coefficient (Wildman–Crippen LogP) is 4.36. The Balaban J connectivity index is 1.77. The van der Waals surface area contributed by atoms with Crippen LogP contribution < -0.4 is 5.32 Å². The maximum absolute atomic E-state index is 12.4. The van der Waals surface area contributed by atoms with Crippen LogP contribution in [0.2, 0.25) is 15.1 Å². The highest BCUT2D eigenvalue weighted by atomic mass is 35.5. The van der Waals surface area contributed by atoms with Gasteiger partial charge in [-0.1, -0.05) is 40.9 Å². The summed E-state index contributed by atoms with van der Waals surface area (Å²) < 4.78 is 3.19. The molecule has 9 heteroatoms. The molecule has 3 aromatic rings. The lowest BCUT2D eigenvalue weighted by atomic mass is 10.2. The van der Waals surface area contributed by atoms with Gasteiger partial charge in [-0.15, -0.1) is 0 Å². The van der Waals surface area contributed by atoms with Crippen LogP contribution in [-0.4, -0.2) is 25.5 Å². The summed E-state index contributed by atoms with van der Waals surface area (Å²) in [5, 5.41) is 12.5. The zero-order valence-corrected chi connectivity index (χ0v) is 15.5. The monoisotopic (exact) mass is 397 g/mol. The first-order valence-electron chi connectivity index (χ1n) is 7.48.